The van der Waals surface area contributed by atoms with E-state index in [1.807, 2.05) is 24.3 Å². The topological polar surface area (TPSA) is 25.8 Å². The molecule has 2 heteroatoms. The van der Waals surface area contributed by atoms with Crippen molar-refractivity contribution in [1.29, 1.82) is 0 Å². The van der Waals surface area contributed by atoms with Crippen LogP contribution in [-0.2, 0) is 5.41 Å². The van der Waals surface area contributed by atoms with E-state index in [1.54, 1.807) is 0 Å². The number of aromatic nitrogens is 2. The molecule has 0 unspecified atom stereocenters. The van der Waals surface area contributed by atoms with E-state index in [0.29, 0.717) is 5.82 Å². The van der Waals surface area contributed by atoms with Gasteiger partial charge < -0.3 is 0 Å². The summed E-state index contributed by atoms with van der Waals surface area (Å²) in [5.74, 6) is 0.716. The van der Waals surface area contributed by atoms with E-state index in [-0.39, 0.29) is 5.41 Å². The molecule has 11 rings (SSSR count). The number of rotatable bonds is 5. The Bertz CT molecular complexity index is 3140. The summed E-state index contributed by atoms with van der Waals surface area (Å²) < 4.78 is 0. The number of hydrogen-bond donors (Lipinski definition) is 0. The smallest absolute Gasteiger partial charge is 0.160 e. The molecular weight excluding hydrogens is 689 g/mol. The minimum absolute atomic E-state index is 0.0651. The molecule has 0 spiro atoms. The summed E-state index contributed by atoms with van der Waals surface area (Å²) in [6.45, 7) is 4.72. The maximum Gasteiger partial charge on any atom is 0.160 e. The van der Waals surface area contributed by atoms with Crippen molar-refractivity contribution < 1.29 is 0 Å². The minimum atomic E-state index is -0.0651. The summed E-state index contributed by atoms with van der Waals surface area (Å²) >= 11 is 0. The second-order valence-electron chi connectivity index (χ2n) is 15.7. The lowest BCUT2D eigenvalue weighted by Gasteiger charge is -2.22. The van der Waals surface area contributed by atoms with E-state index < -0.39 is 0 Å². The average Bonchev–Trinajstić information content (AvgIpc) is 3.49. The molecule has 268 valence electrons. The van der Waals surface area contributed by atoms with Crippen LogP contribution in [0.1, 0.15) is 25.0 Å². The zero-order chi connectivity index (χ0) is 38.1. The van der Waals surface area contributed by atoms with Gasteiger partial charge in [0.25, 0.3) is 0 Å². The summed E-state index contributed by atoms with van der Waals surface area (Å²) in [4.78, 5) is 10.2. The maximum absolute atomic E-state index is 5.20. The lowest BCUT2D eigenvalue weighted by Crippen LogP contribution is -2.14. The second kappa shape index (κ2) is 13.0. The Labute approximate surface area is 332 Å². The molecule has 0 saturated heterocycles. The van der Waals surface area contributed by atoms with E-state index in [4.69, 9.17) is 9.97 Å². The molecule has 1 aliphatic rings. The summed E-state index contributed by atoms with van der Waals surface area (Å²) in [7, 11) is 0. The van der Waals surface area contributed by atoms with Crippen LogP contribution in [0.15, 0.2) is 194 Å². The highest BCUT2D eigenvalue weighted by atomic mass is 14.9. The van der Waals surface area contributed by atoms with Gasteiger partial charge in [-0.05, 0) is 101 Å². The molecule has 1 heterocycles. The number of nitrogens with zero attached hydrogens (tertiary/aromatic N) is 2. The Morgan fingerprint density at radius 2 is 0.807 bits per heavy atom. The van der Waals surface area contributed by atoms with Crippen LogP contribution in [0.5, 0.6) is 0 Å². The quantitative estimate of drug-likeness (QED) is 0.176. The summed E-state index contributed by atoms with van der Waals surface area (Å²) in [6.07, 6.45) is 0. The number of benzene rings is 9. The van der Waals surface area contributed by atoms with Crippen molar-refractivity contribution in [1.82, 2.24) is 9.97 Å². The fourth-order valence-corrected chi connectivity index (χ4v) is 9.21. The molecule has 9 aromatic carbocycles. The Balaban J connectivity index is 1.05. The van der Waals surface area contributed by atoms with Crippen LogP contribution < -0.4 is 0 Å². The van der Waals surface area contributed by atoms with E-state index in [1.165, 1.54) is 71.4 Å². The van der Waals surface area contributed by atoms with Crippen molar-refractivity contribution in [2.24, 2.45) is 0 Å². The zero-order valence-corrected chi connectivity index (χ0v) is 31.9. The minimum Gasteiger partial charge on any atom is -0.228 e. The van der Waals surface area contributed by atoms with Gasteiger partial charge >= 0.3 is 0 Å². The van der Waals surface area contributed by atoms with Crippen LogP contribution in [0.4, 0.5) is 0 Å². The van der Waals surface area contributed by atoms with Gasteiger partial charge in [0, 0.05) is 22.1 Å². The highest BCUT2D eigenvalue weighted by Gasteiger charge is 2.36. The van der Waals surface area contributed by atoms with Crippen molar-refractivity contribution in [3.8, 4) is 67.3 Å². The fourth-order valence-electron chi connectivity index (χ4n) is 9.21. The average molecular weight is 727 g/mol. The van der Waals surface area contributed by atoms with E-state index in [0.717, 1.165) is 33.5 Å². The van der Waals surface area contributed by atoms with Gasteiger partial charge in [0.1, 0.15) is 0 Å². The van der Waals surface area contributed by atoms with Gasteiger partial charge in [-0.3, -0.25) is 0 Å². The van der Waals surface area contributed by atoms with Crippen LogP contribution in [0, 0.1) is 0 Å². The van der Waals surface area contributed by atoms with Crippen LogP contribution in [0.2, 0.25) is 0 Å². The summed E-state index contributed by atoms with van der Waals surface area (Å²) in [5, 5.41) is 7.41. The van der Waals surface area contributed by atoms with Gasteiger partial charge in [-0.25, -0.2) is 9.97 Å². The van der Waals surface area contributed by atoms with Gasteiger partial charge in [0.05, 0.1) is 11.4 Å². The second-order valence-corrected chi connectivity index (χ2v) is 15.7. The molecule has 0 bridgehead atoms. The van der Waals surface area contributed by atoms with Crippen LogP contribution in [-0.4, -0.2) is 9.97 Å². The number of fused-ring (bicyclic) bond motifs is 6. The molecule has 0 saturated carbocycles. The predicted octanol–water partition coefficient (Wildman–Crippen LogP) is 14.6. The Morgan fingerprint density at radius 3 is 1.47 bits per heavy atom. The van der Waals surface area contributed by atoms with Crippen molar-refractivity contribution in [2.75, 3.05) is 0 Å². The summed E-state index contributed by atoms with van der Waals surface area (Å²) in [6, 6.07) is 70.2. The molecule has 0 amide bonds. The van der Waals surface area contributed by atoms with Crippen molar-refractivity contribution in [3.63, 3.8) is 0 Å². The molecule has 10 aromatic rings. The first-order valence-corrected chi connectivity index (χ1v) is 19.7. The largest absolute Gasteiger partial charge is 0.228 e. The molecule has 1 aliphatic carbocycles. The monoisotopic (exact) mass is 726 g/mol. The van der Waals surface area contributed by atoms with Gasteiger partial charge in [-0.1, -0.05) is 184 Å². The SMILES string of the molecule is CC1(C)c2ccc(-c3ccc(-c4ccc(-c5cc(-c6ccccc6)nc(-c6ccccc6)n5)c5ccccc45)c4ccccc34)cc2-c2cc3ccccc3cc21. The first kappa shape index (κ1) is 33.2. The van der Waals surface area contributed by atoms with Crippen LogP contribution >= 0.6 is 0 Å². The van der Waals surface area contributed by atoms with Gasteiger partial charge in [-0.15, -0.1) is 0 Å². The standard InChI is InChI=1S/C55H38N2/c1-55(2)50-30-25-39(32-48(50)49-31-37-19-9-10-20-38(37)33-51(49)55)40-26-27-45(42-22-12-11-21-41(40)42)46-28-29-47(44-24-14-13-23-43(44)46)53-34-52(35-15-5-3-6-16-35)56-54(57-53)36-17-7-4-8-18-36/h3-34H,1-2H3. The third kappa shape index (κ3) is 5.40. The Kier molecular flexibility index (Phi) is 7.55. The van der Waals surface area contributed by atoms with E-state index in [9.17, 15) is 0 Å². The fraction of sp³-hybridized carbons (Fsp3) is 0.0545. The van der Waals surface area contributed by atoms with Gasteiger partial charge in [-0.2, -0.15) is 0 Å². The lowest BCUT2D eigenvalue weighted by atomic mass is 9.81. The molecule has 0 atom stereocenters. The predicted molar refractivity (Wildman–Crippen MR) is 239 cm³/mol. The first-order valence-electron chi connectivity index (χ1n) is 19.7. The molecule has 2 nitrogen and oxygen atoms in total. The zero-order valence-electron chi connectivity index (χ0n) is 31.9. The molecule has 0 N–H and O–H groups in total. The molecule has 0 radical (unpaired) electrons. The first-order chi connectivity index (χ1) is 28.0. The van der Waals surface area contributed by atoms with Gasteiger partial charge in [0.2, 0.25) is 0 Å². The van der Waals surface area contributed by atoms with E-state index in [2.05, 4.69) is 184 Å². The molecule has 1 aromatic heterocycles. The number of hydrogen-bond acceptors (Lipinski definition) is 2. The Morgan fingerprint density at radius 1 is 0.316 bits per heavy atom. The van der Waals surface area contributed by atoms with Crippen LogP contribution in [0.25, 0.3) is 99.6 Å². The van der Waals surface area contributed by atoms with Crippen molar-refractivity contribution in [2.45, 2.75) is 19.3 Å². The maximum atomic E-state index is 5.20. The Hall–Kier alpha value is -7.16. The lowest BCUT2D eigenvalue weighted by molar-refractivity contribution is 0.661. The molecule has 0 fully saturated rings. The molecule has 0 aliphatic heterocycles. The van der Waals surface area contributed by atoms with E-state index >= 15 is 0 Å². The normalized spacial score (nSPS) is 12.9. The van der Waals surface area contributed by atoms with Crippen molar-refractivity contribution in [3.05, 3.63) is 205 Å². The van der Waals surface area contributed by atoms with Gasteiger partial charge in [0.15, 0.2) is 5.82 Å². The van der Waals surface area contributed by atoms with Crippen molar-refractivity contribution >= 4 is 32.3 Å². The third-order valence-electron chi connectivity index (χ3n) is 12.1. The summed E-state index contributed by atoms with van der Waals surface area (Å²) in [5.41, 5.74) is 15.3. The van der Waals surface area contributed by atoms with Crippen LogP contribution in [0.3, 0.4) is 0 Å². The highest BCUT2D eigenvalue weighted by Crippen LogP contribution is 2.51. The third-order valence-corrected chi connectivity index (χ3v) is 12.1. The molecule has 57 heavy (non-hydrogen) atoms. The highest BCUT2D eigenvalue weighted by molar-refractivity contribution is 6.12. The molecular formula is C55H38N2.